The van der Waals surface area contributed by atoms with Crippen LogP contribution in [0.2, 0.25) is 0 Å². The van der Waals surface area contributed by atoms with Gasteiger partial charge in [0.05, 0.1) is 34.5 Å². The Hall–Kier alpha value is -3.35. The van der Waals surface area contributed by atoms with Crippen molar-refractivity contribution in [3.63, 3.8) is 0 Å². The second-order valence-corrected chi connectivity index (χ2v) is 6.02. The summed E-state index contributed by atoms with van der Waals surface area (Å²) in [6.07, 6.45) is 0. The van der Waals surface area contributed by atoms with E-state index in [1.165, 1.54) is 0 Å². The molecule has 1 aromatic heterocycles. The molecule has 0 aliphatic heterocycles. The Kier molecular flexibility index (Phi) is 6.16. The summed E-state index contributed by atoms with van der Waals surface area (Å²) < 4.78 is 33.5. The van der Waals surface area contributed by atoms with Gasteiger partial charge in [-0.2, -0.15) is 0 Å². The Morgan fingerprint density at radius 2 is 1.55 bits per heavy atom. The molecule has 0 fully saturated rings. The standard InChI is InChI=1S/C22H24O7/c1-6-27-17-11-14(24-3)12-18-19(17)20(23)22(28-7-2)21(29-18)13-8-9-15(25-4)16(10-13)26-5/h8-12H,6-7H2,1-5H3. The van der Waals surface area contributed by atoms with E-state index in [1.54, 1.807) is 58.6 Å². The Morgan fingerprint density at radius 3 is 2.17 bits per heavy atom. The number of rotatable bonds is 8. The first kappa shape index (κ1) is 20.4. The molecule has 0 N–H and O–H groups in total. The Bertz CT molecular complexity index is 1070. The molecule has 0 radical (unpaired) electrons. The van der Waals surface area contributed by atoms with Gasteiger partial charge in [0, 0.05) is 17.7 Å². The van der Waals surface area contributed by atoms with Crippen LogP contribution in [0.3, 0.4) is 0 Å². The predicted octanol–water partition coefficient (Wildman–Crippen LogP) is 4.28. The van der Waals surface area contributed by atoms with E-state index >= 15 is 0 Å². The second kappa shape index (κ2) is 8.77. The summed E-state index contributed by atoms with van der Waals surface area (Å²) in [7, 11) is 4.64. The van der Waals surface area contributed by atoms with Gasteiger partial charge in [-0.3, -0.25) is 4.79 Å². The number of hydrogen-bond acceptors (Lipinski definition) is 7. The minimum Gasteiger partial charge on any atom is -0.496 e. The van der Waals surface area contributed by atoms with Gasteiger partial charge in [-0.15, -0.1) is 0 Å². The maximum Gasteiger partial charge on any atom is 0.239 e. The van der Waals surface area contributed by atoms with Crippen LogP contribution in [0.25, 0.3) is 22.3 Å². The van der Waals surface area contributed by atoms with E-state index in [2.05, 4.69) is 0 Å². The topological polar surface area (TPSA) is 76.4 Å². The van der Waals surface area contributed by atoms with Gasteiger partial charge in [-0.1, -0.05) is 0 Å². The lowest BCUT2D eigenvalue weighted by molar-refractivity contribution is 0.326. The van der Waals surface area contributed by atoms with Crippen LogP contribution in [0.5, 0.6) is 28.7 Å². The van der Waals surface area contributed by atoms with Crippen molar-refractivity contribution >= 4 is 11.0 Å². The molecule has 2 aromatic carbocycles. The van der Waals surface area contributed by atoms with Crippen molar-refractivity contribution in [3.8, 4) is 40.1 Å². The Labute approximate surface area is 168 Å². The predicted molar refractivity (Wildman–Crippen MR) is 110 cm³/mol. The minimum absolute atomic E-state index is 0.110. The Balaban J connectivity index is 2.35. The average molecular weight is 400 g/mol. The second-order valence-electron chi connectivity index (χ2n) is 6.02. The zero-order valence-corrected chi connectivity index (χ0v) is 17.2. The van der Waals surface area contributed by atoms with Crippen molar-refractivity contribution in [1.29, 1.82) is 0 Å². The van der Waals surface area contributed by atoms with Gasteiger partial charge in [0.1, 0.15) is 22.5 Å². The average Bonchev–Trinajstić information content (AvgIpc) is 2.74. The summed E-state index contributed by atoms with van der Waals surface area (Å²) in [5.74, 6) is 2.38. The number of benzene rings is 2. The highest BCUT2D eigenvalue weighted by atomic mass is 16.5. The van der Waals surface area contributed by atoms with Crippen LogP contribution >= 0.6 is 0 Å². The first-order valence-corrected chi connectivity index (χ1v) is 9.24. The maximum atomic E-state index is 13.3. The third kappa shape index (κ3) is 3.81. The molecular weight excluding hydrogens is 376 g/mol. The molecule has 7 nitrogen and oxygen atoms in total. The molecule has 29 heavy (non-hydrogen) atoms. The Morgan fingerprint density at radius 1 is 0.828 bits per heavy atom. The number of methoxy groups -OCH3 is 3. The molecule has 3 rings (SSSR count). The van der Waals surface area contributed by atoms with E-state index in [0.29, 0.717) is 58.5 Å². The molecule has 0 aliphatic carbocycles. The number of ether oxygens (including phenoxy) is 5. The molecule has 0 atom stereocenters. The van der Waals surface area contributed by atoms with E-state index in [1.807, 2.05) is 6.92 Å². The van der Waals surface area contributed by atoms with Gasteiger partial charge >= 0.3 is 0 Å². The highest BCUT2D eigenvalue weighted by Gasteiger charge is 2.22. The van der Waals surface area contributed by atoms with Crippen LogP contribution in [0.15, 0.2) is 39.5 Å². The van der Waals surface area contributed by atoms with Crippen LogP contribution in [-0.4, -0.2) is 34.5 Å². The summed E-state index contributed by atoms with van der Waals surface area (Å²) >= 11 is 0. The van der Waals surface area contributed by atoms with E-state index in [-0.39, 0.29) is 11.2 Å². The summed E-state index contributed by atoms with van der Waals surface area (Å²) in [5, 5.41) is 0.306. The maximum absolute atomic E-state index is 13.3. The van der Waals surface area contributed by atoms with Gasteiger partial charge in [0.25, 0.3) is 0 Å². The van der Waals surface area contributed by atoms with Crippen molar-refractivity contribution in [2.45, 2.75) is 13.8 Å². The molecule has 1 heterocycles. The molecule has 0 saturated heterocycles. The number of hydrogen-bond donors (Lipinski definition) is 0. The highest BCUT2D eigenvalue weighted by molar-refractivity contribution is 5.88. The molecule has 0 spiro atoms. The molecule has 0 aliphatic rings. The molecule has 154 valence electrons. The van der Waals surface area contributed by atoms with Crippen molar-refractivity contribution in [2.24, 2.45) is 0 Å². The largest absolute Gasteiger partial charge is 0.496 e. The van der Waals surface area contributed by atoms with Crippen molar-refractivity contribution in [2.75, 3.05) is 34.5 Å². The molecule has 3 aromatic rings. The van der Waals surface area contributed by atoms with Gasteiger partial charge in [-0.25, -0.2) is 0 Å². The summed E-state index contributed by atoms with van der Waals surface area (Å²) in [5.41, 5.74) is 0.640. The fourth-order valence-corrected chi connectivity index (χ4v) is 3.07. The smallest absolute Gasteiger partial charge is 0.239 e. The van der Waals surface area contributed by atoms with Crippen LogP contribution in [0, 0.1) is 0 Å². The van der Waals surface area contributed by atoms with E-state index in [9.17, 15) is 4.79 Å². The molecule has 0 amide bonds. The van der Waals surface area contributed by atoms with Crippen molar-refractivity contribution < 1.29 is 28.1 Å². The molecule has 0 unspecified atom stereocenters. The van der Waals surface area contributed by atoms with E-state index < -0.39 is 0 Å². The SMILES string of the molecule is CCOc1c(-c2ccc(OC)c(OC)c2)oc2cc(OC)cc(OCC)c2c1=O. The molecule has 0 bridgehead atoms. The first-order valence-electron chi connectivity index (χ1n) is 9.24. The lowest BCUT2D eigenvalue weighted by Crippen LogP contribution is -2.11. The van der Waals surface area contributed by atoms with Crippen molar-refractivity contribution in [1.82, 2.24) is 0 Å². The summed E-state index contributed by atoms with van der Waals surface area (Å²) in [6.45, 7) is 4.34. The highest BCUT2D eigenvalue weighted by Crippen LogP contribution is 2.39. The van der Waals surface area contributed by atoms with Crippen LogP contribution in [0.1, 0.15) is 13.8 Å². The van der Waals surface area contributed by atoms with Gasteiger partial charge in [0.15, 0.2) is 17.3 Å². The lowest BCUT2D eigenvalue weighted by atomic mass is 10.1. The first-order chi connectivity index (χ1) is 14.1. The lowest BCUT2D eigenvalue weighted by Gasteiger charge is -2.15. The third-order valence-electron chi connectivity index (χ3n) is 4.36. The third-order valence-corrected chi connectivity index (χ3v) is 4.36. The van der Waals surface area contributed by atoms with E-state index in [0.717, 1.165) is 0 Å². The van der Waals surface area contributed by atoms with E-state index in [4.69, 9.17) is 28.1 Å². The number of fused-ring (bicyclic) bond motifs is 1. The van der Waals surface area contributed by atoms with Gasteiger partial charge in [-0.05, 0) is 32.0 Å². The molecular formula is C22H24O7. The molecule has 7 heteroatoms. The zero-order chi connectivity index (χ0) is 21.0. The van der Waals surface area contributed by atoms with Gasteiger partial charge < -0.3 is 28.1 Å². The van der Waals surface area contributed by atoms with Crippen LogP contribution < -0.4 is 29.1 Å². The van der Waals surface area contributed by atoms with Crippen LogP contribution in [-0.2, 0) is 0 Å². The van der Waals surface area contributed by atoms with Crippen LogP contribution in [0.4, 0.5) is 0 Å². The fourth-order valence-electron chi connectivity index (χ4n) is 3.07. The van der Waals surface area contributed by atoms with Gasteiger partial charge in [0.2, 0.25) is 11.2 Å². The quantitative estimate of drug-likeness (QED) is 0.558. The van der Waals surface area contributed by atoms with Crippen molar-refractivity contribution in [3.05, 3.63) is 40.6 Å². The summed E-state index contributed by atoms with van der Waals surface area (Å²) in [6, 6.07) is 8.56. The molecule has 0 saturated carbocycles. The zero-order valence-electron chi connectivity index (χ0n) is 17.2. The fraction of sp³-hybridized carbons (Fsp3) is 0.318. The summed E-state index contributed by atoms with van der Waals surface area (Å²) in [4.78, 5) is 13.3. The minimum atomic E-state index is -0.316. The normalized spacial score (nSPS) is 10.7. The monoisotopic (exact) mass is 400 g/mol.